The highest BCUT2D eigenvalue weighted by Gasteiger charge is 2.12. The van der Waals surface area contributed by atoms with Crippen LogP contribution in [0.4, 0.5) is 11.4 Å². The fourth-order valence-corrected chi connectivity index (χ4v) is 3.12. The van der Waals surface area contributed by atoms with E-state index in [4.69, 9.17) is 16.0 Å². The third-order valence-corrected chi connectivity index (χ3v) is 4.84. The van der Waals surface area contributed by atoms with Crippen molar-refractivity contribution in [3.05, 3.63) is 86.4 Å². The SMILES string of the molecule is Cc1ccc2oc(-c3ccc(C)c(N=Cc4ccc(Cl)c([N+](=O)[O-])c4)c3)nc2c1. The molecule has 0 amide bonds. The maximum absolute atomic E-state index is 11.1. The van der Waals surface area contributed by atoms with Crippen LogP contribution in [-0.4, -0.2) is 16.1 Å². The van der Waals surface area contributed by atoms with Crippen molar-refractivity contribution in [3.63, 3.8) is 0 Å². The van der Waals surface area contributed by atoms with Crippen LogP contribution in [-0.2, 0) is 0 Å². The topological polar surface area (TPSA) is 81.5 Å². The molecule has 6 nitrogen and oxygen atoms in total. The highest BCUT2D eigenvalue weighted by molar-refractivity contribution is 6.32. The number of nitrogens with zero attached hydrogens (tertiary/aromatic N) is 3. The minimum absolute atomic E-state index is 0.0940. The Bertz CT molecular complexity index is 1280. The van der Waals surface area contributed by atoms with Crippen molar-refractivity contribution < 1.29 is 9.34 Å². The minimum atomic E-state index is -0.513. The predicted octanol–water partition coefficient (Wildman–Crippen LogP) is 6.42. The number of benzene rings is 3. The van der Waals surface area contributed by atoms with Crippen LogP contribution >= 0.6 is 11.6 Å². The fourth-order valence-electron chi connectivity index (χ4n) is 2.94. The van der Waals surface area contributed by atoms with Gasteiger partial charge in [-0.25, -0.2) is 4.98 Å². The molecule has 7 heteroatoms. The maximum Gasteiger partial charge on any atom is 0.288 e. The minimum Gasteiger partial charge on any atom is -0.436 e. The summed E-state index contributed by atoms with van der Waals surface area (Å²) >= 11 is 5.86. The molecule has 0 atom stereocenters. The molecule has 0 aliphatic carbocycles. The number of rotatable bonds is 4. The molecule has 3 aromatic carbocycles. The van der Waals surface area contributed by atoms with Gasteiger partial charge in [-0.2, -0.15) is 0 Å². The molecular weight excluding hydrogens is 390 g/mol. The number of fused-ring (bicyclic) bond motifs is 1. The van der Waals surface area contributed by atoms with Gasteiger partial charge in [0, 0.05) is 17.8 Å². The number of nitro benzene ring substituents is 1. The molecule has 1 heterocycles. The average Bonchev–Trinajstić information content (AvgIpc) is 3.11. The number of hydrogen-bond donors (Lipinski definition) is 0. The van der Waals surface area contributed by atoms with E-state index in [0.29, 0.717) is 11.5 Å². The molecule has 0 saturated carbocycles. The second kappa shape index (κ2) is 7.48. The molecule has 144 valence electrons. The zero-order valence-electron chi connectivity index (χ0n) is 15.7. The highest BCUT2D eigenvalue weighted by Crippen LogP contribution is 2.30. The maximum atomic E-state index is 11.1. The first-order valence-electron chi connectivity index (χ1n) is 8.87. The van der Waals surface area contributed by atoms with Crippen LogP contribution in [0.3, 0.4) is 0 Å². The Hall–Kier alpha value is -3.51. The lowest BCUT2D eigenvalue weighted by molar-refractivity contribution is -0.384. The molecule has 0 aliphatic heterocycles. The monoisotopic (exact) mass is 405 g/mol. The molecule has 4 aromatic rings. The summed E-state index contributed by atoms with van der Waals surface area (Å²) in [7, 11) is 0. The van der Waals surface area contributed by atoms with Gasteiger partial charge in [-0.05, 0) is 60.9 Å². The van der Waals surface area contributed by atoms with Crippen molar-refractivity contribution >= 4 is 40.3 Å². The van der Waals surface area contributed by atoms with E-state index in [1.807, 2.05) is 50.2 Å². The Morgan fingerprint density at radius 2 is 1.93 bits per heavy atom. The molecule has 0 fully saturated rings. The highest BCUT2D eigenvalue weighted by atomic mass is 35.5. The third-order valence-electron chi connectivity index (χ3n) is 4.52. The summed E-state index contributed by atoms with van der Waals surface area (Å²) < 4.78 is 5.87. The average molecular weight is 406 g/mol. The van der Waals surface area contributed by atoms with Gasteiger partial charge in [0.25, 0.3) is 5.69 Å². The smallest absolute Gasteiger partial charge is 0.288 e. The molecule has 0 saturated heterocycles. The van der Waals surface area contributed by atoms with Gasteiger partial charge in [0.2, 0.25) is 5.89 Å². The van der Waals surface area contributed by atoms with E-state index < -0.39 is 4.92 Å². The Morgan fingerprint density at radius 1 is 1.10 bits per heavy atom. The van der Waals surface area contributed by atoms with Gasteiger partial charge in [-0.3, -0.25) is 15.1 Å². The van der Waals surface area contributed by atoms with Gasteiger partial charge in [0.15, 0.2) is 5.58 Å². The molecule has 0 bridgehead atoms. The number of halogens is 1. The molecule has 0 unspecified atom stereocenters. The molecule has 29 heavy (non-hydrogen) atoms. The van der Waals surface area contributed by atoms with E-state index >= 15 is 0 Å². The lowest BCUT2D eigenvalue weighted by atomic mass is 10.1. The molecular formula is C22H16ClN3O3. The Morgan fingerprint density at radius 3 is 2.72 bits per heavy atom. The van der Waals surface area contributed by atoms with Crippen LogP contribution in [0.25, 0.3) is 22.6 Å². The van der Waals surface area contributed by atoms with Crippen molar-refractivity contribution in [2.45, 2.75) is 13.8 Å². The van der Waals surface area contributed by atoms with E-state index in [1.165, 1.54) is 12.1 Å². The lowest BCUT2D eigenvalue weighted by Crippen LogP contribution is -1.91. The summed E-state index contributed by atoms with van der Waals surface area (Å²) in [6.45, 7) is 3.95. The van der Waals surface area contributed by atoms with Crippen molar-refractivity contribution in [1.82, 2.24) is 4.98 Å². The van der Waals surface area contributed by atoms with Crippen LogP contribution in [0, 0.1) is 24.0 Å². The quantitative estimate of drug-likeness (QED) is 0.223. The van der Waals surface area contributed by atoms with Gasteiger partial charge < -0.3 is 4.42 Å². The van der Waals surface area contributed by atoms with Crippen molar-refractivity contribution in [2.24, 2.45) is 4.99 Å². The molecule has 1 aromatic heterocycles. The van der Waals surface area contributed by atoms with Crippen LogP contribution in [0.15, 0.2) is 64.0 Å². The number of aromatic nitrogens is 1. The van der Waals surface area contributed by atoms with Crippen molar-refractivity contribution in [1.29, 1.82) is 0 Å². The van der Waals surface area contributed by atoms with Gasteiger partial charge in [-0.1, -0.05) is 29.8 Å². The first-order valence-corrected chi connectivity index (χ1v) is 9.25. The van der Waals surface area contributed by atoms with Gasteiger partial charge >= 0.3 is 0 Å². The lowest BCUT2D eigenvalue weighted by Gasteiger charge is -2.03. The normalized spacial score (nSPS) is 11.4. The number of aryl methyl sites for hydroxylation is 2. The number of nitro groups is 1. The van der Waals surface area contributed by atoms with Crippen LogP contribution in [0.1, 0.15) is 16.7 Å². The Kier molecular flexibility index (Phi) is 4.86. The molecule has 0 spiro atoms. The fraction of sp³-hybridized carbons (Fsp3) is 0.0909. The summed E-state index contributed by atoms with van der Waals surface area (Å²) in [6, 6.07) is 16.2. The van der Waals surface area contributed by atoms with Crippen molar-refractivity contribution in [3.8, 4) is 11.5 Å². The summed E-state index contributed by atoms with van der Waals surface area (Å²) in [5, 5.41) is 11.2. The number of oxazole rings is 1. The first-order chi connectivity index (χ1) is 13.9. The molecule has 0 aliphatic rings. The standard InChI is InChI=1S/C22H16ClN3O3/c1-13-3-8-21-19(9-13)25-22(29-21)16-6-4-14(2)18(11-16)24-12-15-5-7-17(23)20(10-15)26(27)28/h3-12H,1-2H3. The van der Waals surface area contributed by atoms with Gasteiger partial charge in [0.1, 0.15) is 10.5 Å². The van der Waals surface area contributed by atoms with Gasteiger partial charge in [-0.15, -0.1) is 0 Å². The molecule has 0 radical (unpaired) electrons. The number of hydrogen-bond acceptors (Lipinski definition) is 5. The first kappa shape index (κ1) is 18.8. The second-order valence-electron chi connectivity index (χ2n) is 6.72. The zero-order chi connectivity index (χ0) is 20.5. The zero-order valence-corrected chi connectivity index (χ0v) is 16.5. The van der Waals surface area contributed by atoms with Crippen LogP contribution in [0.2, 0.25) is 5.02 Å². The van der Waals surface area contributed by atoms with Crippen molar-refractivity contribution in [2.75, 3.05) is 0 Å². The third kappa shape index (κ3) is 3.88. The number of aliphatic imine (C=N–C) groups is 1. The van der Waals surface area contributed by atoms with Crippen LogP contribution < -0.4 is 0 Å². The molecule has 4 rings (SSSR count). The Labute approximate surface area is 171 Å². The van der Waals surface area contributed by atoms with Gasteiger partial charge in [0.05, 0.1) is 10.6 Å². The summed E-state index contributed by atoms with van der Waals surface area (Å²) in [5.41, 5.74) is 5.57. The Balaban J connectivity index is 1.69. The van der Waals surface area contributed by atoms with E-state index in [2.05, 4.69) is 9.98 Å². The van der Waals surface area contributed by atoms with E-state index in [9.17, 15) is 10.1 Å². The summed E-state index contributed by atoms with van der Waals surface area (Å²) in [6.07, 6.45) is 1.57. The summed E-state index contributed by atoms with van der Waals surface area (Å²) in [4.78, 5) is 19.6. The predicted molar refractivity (Wildman–Crippen MR) is 114 cm³/mol. The molecule has 0 N–H and O–H groups in total. The summed E-state index contributed by atoms with van der Waals surface area (Å²) in [5.74, 6) is 0.518. The van der Waals surface area contributed by atoms with E-state index in [-0.39, 0.29) is 10.7 Å². The van der Waals surface area contributed by atoms with Crippen LogP contribution in [0.5, 0.6) is 0 Å². The second-order valence-corrected chi connectivity index (χ2v) is 7.12. The largest absolute Gasteiger partial charge is 0.436 e. The van der Waals surface area contributed by atoms with E-state index in [1.54, 1.807) is 12.3 Å². The van der Waals surface area contributed by atoms with E-state index in [0.717, 1.165) is 33.5 Å².